The predicted octanol–water partition coefficient (Wildman–Crippen LogP) is -0.0738. The maximum absolute atomic E-state index is 11.1. The van der Waals surface area contributed by atoms with Gasteiger partial charge in [0.1, 0.15) is 0 Å². The molecule has 15 heavy (non-hydrogen) atoms. The summed E-state index contributed by atoms with van der Waals surface area (Å²) in [5, 5.41) is 2.66. The fourth-order valence-electron chi connectivity index (χ4n) is 1.08. The number of hydrazine groups is 1. The number of nitrogens with one attached hydrogen (secondary N) is 2. The molecular formula is C10H13N3O2. The number of benzene rings is 1. The summed E-state index contributed by atoms with van der Waals surface area (Å²) in [6.07, 6.45) is 0. The summed E-state index contributed by atoms with van der Waals surface area (Å²) < 4.78 is 0. The zero-order chi connectivity index (χ0) is 11.3. The van der Waals surface area contributed by atoms with E-state index in [1.54, 1.807) is 24.3 Å². The van der Waals surface area contributed by atoms with Gasteiger partial charge < -0.3 is 5.32 Å². The van der Waals surface area contributed by atoms with Gasteiger partial charge in [-0.2, -0.15) is 0 Å². The molecule has 0 aliphatic heterocycles. The molecule has 0 unspecified atom stereocenters. The molecule has 0 heterocycles. The van der Waals surface area contributed by atoms with Crippen LogP contribution in [-0.2, 0) is 11.3 Å². The van der Waals surface area contributed by atoms with Crippen molar-refractivity contribution in [2.45, 2.75) is 13.5 Å². The maximum Gasteiger partial charge on any atom is 0.265 e. The first-order valence-corrected chi connectivity index (χ1v) is 4.48. The molecule has 5 heteroatoms. The van der Waals surface area contributed by atoms with Crippen molar-refractivity contribution in [2.24, 2.45) is 5.84 Å². The van der Waals surface area contributed by atoms with Crippen LogP contribution < -0.4 is 16.6 Å². The van der Waals surface area contributed by atoms with Gasteiger partial charge in [0.2, 0.25) is 5.91 Å². The fraction of sp³-hybridized carbons (Fsp3) is 0.200. The molecule has 0 spiro atoms. The normalized spacial score (nSPS) is 9.47. The molecule has 0 aliphatic rings. The van der Waals surface area contributed by atoms with Crippen LogP contribution in [0.1, 0.15) is 22.8 Å². The Bertz CT molecular complexity index is 359. The van der Waals surface area contributed by atoms with E-state index in [0.29, 0.717) is 12.1 Å². The Morgan fingerprint density at radius 3 is 2.33 bits per heavy atom. The Labute approximate surface area is 87.6 Å². The number of nitrogen functional groups attached to an aromatic ring is 1. The largest absolute Gasteiger partial charge is 0.352 e. The standard InChI is InChI=1S/C10H13N3O2/c1-7(14)12-6-8-2-4-9(5-3-8)10(15)13-11/h2-5H,6,11H2,1H3,(H,12,14)(H,13,15). The van der Waals surface area contributed by atoms with Gasteiger partial charge in [0.25, 0.3) is 5.91 Å². The first-order chi connectivity index (χ1) is 7.13. The lowest BCUT2D eigenvalue weighted by Crippen LogP contribution is -2.29. The van der Waals surface area contributed by atoms with Gasteiger partial charge >= 0.3 is 0 Å². The molecule has 0 saturated carbocycles. The minimum Gasteiger partial charge on any atom is -0.352 e. The van der Waals surface area contributed by atoms with Crippen LogP contribution in [0.2, 0.25) is 0 Å². The number of carbonyl (C=O) groups is 2. The van der Waals surface area contributed by atoms with Crippen LogP contribution in [0.15, 0.2) is 24.3 Å². The average Bonchev–Trinajstić information content (AvgIpc) is 2.26. The van der Waals surface area contributed by atoms with Gasteiger partial charge in [-0.25, -0.2) is 5.84 Å². The molecule has 0 fully saturated rings. The number of hydrogen-bond donors (Lipinski definition) is 3. The number of nitrogens with two attached hydrogens (primary N) is 1. The van der Waals surface area contributed by atoms with Gasteiger partial charge in [-0.05, 0) is 17.7 Å². The summed E-state index contributed by atoms with van der Waals surface area (Å²) in [7, 11) is 0. The van der Waals surface area contributed by atoms with Crippen LogP contribution in [0.5, 0.6) is 0 Å². The van der Waals surface area contributed by atoms with Crippen LogP contribution in [0.4, 0.5) is 0 Å². The molecular weight excluding hydrogens is 194 g/mol. The van der Waals surface area contributed by atoms with Crippen LogP contribution >= 0.6 is 0 Å². The molecule has 0 saturated heterocycles. The first-order valence-electron chi connectivity index (χ1n) is 4.48. The van der Waals surface area contributed by atoms with E-state index >= 15 is 0 Å². The molecule has 80 valence electrons. The van der Waals surface area contributed by atoms with Crippen molar-refractivity contribution in [2.75, 3.05) is 0 Å². The van der Waals surface area contributed by atoms with Gasteiger partial charge in [0, 0.05) is 19.0 Å². The zero-order valence-electron chi connectivity index (χ0n) is 8.41. The van der Waals surface area contributed by atoms with Gasteiger partial charge in [0.15, 0.2) is 0 Å². The highest BCUT2D eigenvalue weighted by Gasteiger charge is 2.02. The van der Waals surface area contributed by atoms with Crippen LogP contribution in [-0.4, -0.2) is 11.8 Å². The smallest absolute Gasteiger partial charge is 0.265 e. The third kappa shape index (κ3) is 3.40. The van der Waals surface area contributed by atoms with E-state index < -0.39 is 0 Å². The van der Waals surface area contributed by atoms with Crippen molar-refractivity contribution >= 4 is 11.8 Å². The molecule has 1 aromatic rings. The minimum absolute atomic E-state index is 0.0845. The molecule has 0 radical (unpaired) electrons. The van der Waals surface area contributed by atoms with Crippen LogP contribution in [0, 0.1) is 0 Å². The van der Waals surface area contributed by atoms with E-state index in [1.165, 1.54) is 6.92 Å². The molecule has 4 N–H and O–H groups in total. The summed E-state index contributed by atoms with van der Waals surface area (Å²) in [6, 6.07) is 6.83. The summed E-state index contributed by atoms with van der Waals surface area (Å²) in [6.45, 7) is 1.91. The first kappa shape index (κ1) is 11.2. The quantitative estimate of drug-likeness (QED) is 0.368. The molecule has 0 aliphatic carbocycles. The Morgan fingerprint density at radius 2 is 1.87 bits per heavy atom. The lowest BCUT2D eigenvalue weighted by molar-refractivity contribution is -0.119. The molecule has 5 nitrogen and oxygen atoms in total. The average molecular weight is 207 g/mol. The van der Waals surface area contributed by atoms with E-state index in [0.717, 1.165) is 5.56 Å². The van der Waals surface area contributed by atoms with Crippen molar-refractivity contribution in [3.05, 3.63) is 35.4 Å². The van der Waals surface area contributed by atoms with Crippen molar-refractivity contribution < 1.29 is 9.59 Å². The van der Waals surface area contributed by atoms with E-state index in [9.17, 15) is 9.59 Å². The van der Waals surface area contributed by atoms with Gasteiger partial charge in [-0.3, -0.25) is 15.0 Å². The van der Waals surface area contributed by atoms with E-state index in [1.807, 2.05) is 5.43 Å². The summed E-state index contributed by atoms with van der Waals surface area (Å²) in [5.74, 6) is 4.57. The third-order valence-electron chi connectivity index (χ3n) is 1.89. The summed E-state index contributed by atoms with van der Waals surface area (Å²) in [4.78, 5) is 21.7. The van der Waals surface area contributed by atoms with Crippen LogP contribution in [0.25, 0.3) is 0 Å². The van der Waals surface area contributed by atoms with Crippen molar-refractivity contribution in [1.29, 1.82) is 0 Å². The number of carbonyl (C=O) groups excluding carboxylic acids is 2. The van der Waals surface area contributed by atoms with Gasteiger partial charge in [-0.15, -0.1) is 0 Å². The molecule has 2 amide bonds. The Hall–Kier alpha value is -1.88. The van der Waals surface area contributed by atoms with E-state index in [4.69, 9.17) is 5.84 Å². The number of hydrogen-bond acceptors (Lipinski definition) is 3. The number of rotatable bonds is 3. The van der Waals surface area contributed by atoms with E-state index in [2.05, 4.69) is 5.32 Å². The van der Waals surface area contributed by atoms with Gasteiger partial charge in [0.05, 0.1) is 0 Å². The highest BCUT2D eigenvalue weighted by atomic mass is 16.2. The lowest BCUT2D eigenvalue weighted by Gasteiger charge is -2.03. The SMILES string of the molecule is CC(=O)NCc1ccc(C(=O)NN)cc1. The lowest BCUT2D eigenvalue weighted by atomic mass is 10.1. The molecule has 0 aromatic heterocycles. The Morgan fingerprint density at radius 1 is 1.27 bits per heavy atom. The molecule has 1 aromatic carbocycles. The van der Waals surface area contributed by atoms with Crippen molar-refractivity contribution in [3.63, 3.8) is 0 Å². The Kier molecular flexibility index (Phi) is 3.82. The zero-order valence-corrected chi connectivity index (χ0v) is 8.41. The Balaban J connectivity index is 2.64. The number of amides is 2. The molecule has 0 atom stereocenters. The second kappa shape index (κ2) is 5.11. The van der Waals surface area contributed by atoms with Crippen LogP contribution in [0.3, 0.4) is 0 Å². The maximum atomic E-state index is 11.1. The second-order valence-electron chi connectivity index (χ2n) is 3.08. The minimum atomic E-state index is -0.332. The topological polar surface area (TPSA) is 84.2 Å². The van der Waals surface area contributed by atoms with E-state index in [-0.39, 0.29) is 11.8 Å². The van der Waals surface area contributed by atoms with Crippen molar-refractivity contribution in [1.82, 2.24) is 10.7 Å². The third-order valence-corrected chi connectivity index (χ3v) is 1.89. The molecule has 0 bridgehead atoms. The summed E-state index contributed by atoms with van der Waals surface area (Å²) in [5.41, 5.74) is 3.46. The highest BCUT2D eigenvalue weighted by Crippen LogP contribution is 2.03. The van der Waals surface area contributed by atoms with Crippen molar-refractivity contribution in [3.8, 4) is 0 Å². The predicted molar refractivity (Wildman–Crippen MR) is 55.6 cm³/mol. The highest BCUT2D eigenvalue weighted by molar-refractivity contribution is 5.93. The van der Waals surface area contributed by atoms with Gasteiger partial charge in [-0.1, -0.05) is 12.1 Å². The summed E-state index contributed by atoms with van der Waals surface area (Å²) >= 11 is 0. The fourth-order valence-corrected chi connectivity index (χ4v) is 1.08. The second-order valence-corrected chi connectivity index (χ2v) is 3.08. The monoisotopic (exact) mass is 207 g/mol. The molecule has 1 rings (SSSR count).